The lowest BCUT2D eigenvalue weighted by molar-refractivity contribution is -0.139. The van der Waals surface area contributed by atoms with Crippen molar-refractivity contribution >= 4 is 29.4 Å². The summed E-state index contributed by atoms with van der Waals surface area (Å²) in [7, 11) is 0. The average molecular weight is 370 g/mol. The highest BCUT2D eigenvalue weighted by Crippen LogP contribution is 2.22. The summed E-state index contributed by atoms with van der Waals surface area (Å²) in [5.74, 6) is -3.35. The molecule has 0 aromatic heterocycles. The number of rotatable bonds is 7. The van der Waals surface area contributed by atoms with Crippen LogP contribution in [0, 0.1) is 0 Å². The normalized spacial score (nSPS) is 11.3. The lowest BCUT2D eigenvalue weighted by atomic mass is 10.0. The molecule has 0 aliphatic carbocycles. The molecule has 2 amide bonds. The van der Waals surface area contributed by atoms with Crippen LogP contribution in [0.4, 0.5) is 5.69 Å². The molecule has 0 saturated carbocycles. The molecule has 0 spiro atoms. The van der Waals surface area contributed by atoms with Crippen LogP contribution in [-0.4, -0.2) is 40.0 Å². The standard InChI is InChI=1S/C19H18N2O6/c1-11(22)20-16(10-17(23)24)18(25)21-15-8-6-13(7-9-15)12-2-4-14(5-3-12)19(26)27/h2-9,16H,10H2,1H3,(H,20,22)(H,21,25)(H,23,24)(H,26,27)/t16-/m0/s1. The van der Waals surface area contributed by atoms with Gasteiger partial charge in [-0.15, -0.1) is 0 Å². The molecule has 2 aromatic carbocycles. The first kappa shape index (κ1) is 19.6. The molecule has 4 N–H and O–H groups in total. The van der Waals surface area contributed by atoms with Crippen LogP contribution < -0.4 is 10.6 Å². The van der Waals surface area contributed by atoms with Crippen molar-refractivity contribution in [3.8, 4) is 11.1 Å². The van der Waals surface area contributed by atoms with E-state index in [2.05, 4.69) is 10.6 Å². The Morgan fingerprint density at radius 1 is 0.889 bits per heavy atom. The molecule has 140 valence electrons. The van der Waals surface area contributed by atoms with Crippen LogP contribution in [0.1, 0.15) is 23.7 Å². The Labute approximate surface area is 154 Å². The van der Waals surface area contributed by atoms with Crippen molar-refractivity contribution in [2.45, 2.75) is 19.4 Å². The fraction of sp³-hybridized carbons (Fsp3) is 0.158. The molecule has 8 heteroatoms. The Balaban J connectivity index is 2.09. The van der Waals surface area contributed by atoms with E-state index < -0.39 is 36.2 Å². The molecule has 0 radical (unpaired) electrons. The monoisotopic (exact) mass is 370 g/mol. The molecule has 2 rings (SSSR count). The molecule has 0 aliphatic rings. The first-order chi connectivity index (χ1) is 12.8. The van der Waals surface area contributed by atoms with Gasteiger partial charge in [-0.3, -0.25) is 14.4 Å². The summed E-state index contributed by atoms with van der Waals surface area (Å²) in [5.41, 5.74) is 2.24. The van der Waals surface area contributed by atoms with Crippen molar-refractivity contribution in [1.29, 1.82) is 0 Å². The Kier molecular flexibility index (Phi) is 6.27. The smallest absolute Gasteiger partial charge is 0.335 e. The van der Waals surface area contributed by atoms with Crippen LogP contribution in [0.3, 0.4) is 0 Å². The van der Waals surface area contributed by atoms with Crippen LogP contribution in [0.15, 0.2) is 48.5 Å². The van der Waals surface area contributed by atoms with E-state index in [1.165, 1.54) is 19.1 Å². The van der Waals surface area contributed by atoms with E-state index in [0.717, 1.165) is 11.1 Å². The van der Waals surface area contributed by atoms with Gasteiger partial charge in [0, 0.05) is 12.6 Å². The van der Waals surface area contributed by atoms with Crippen LogP contribution >= 0.6 is 0 Å². The average Bonchev–Trinajstić information content (AvgIpc) is 2.61. The van der Waals surface area contributed by atoms with Gasteiger partial charge in [-0.2, -0.15) is 0 Å². The number of anilines is 1. The number of hydrogen-bond acceptors (Lipinski definition) is 4. The van der Waals surface area contributed by atoms with Gasteiger partial charge in [0.2, 0.25) is 11.8 Å². The minimum Gasteiger partial charge on any atom is -0.481 e. The second-order valence-electron chi connectivity index (χ2n) is 5.80. The molecular formula is C19H18N2O6. The van der Waals surface area contributed by atoms with E-state index in [1.54, 1.807) is 36.4 Å². The second kappa shape index (κ2) is 8.61. The number of hydrogen-bond donors (Lipinski definition) is 4. The summed E-state index contributed by atoms with van der Waals surface area (Å²) in [5, 5.41) is 22.6. The molecule has 0 unspecified atom stereocenters. The van der Waals surface area contributed by atoms with Crippen molar-refractivity contribution in [2.75, 3.05) is 5.32 Å². The van der Waals surface area contributed by atoms with E-state index in [4.69, 9.17) is 10.2 Å². The third kappa shape index (κ3) is 5.67. The topological polar surface area (TPSA) is 133 Å². The van der Waals surface area contributed by atoms with E-state index in [9.17, 15) is 19.2 Å². The van der Waals surface area contributed by atoms with Gasteiger partial charge in [0.05, 0.1) is 12.0 Å². The van der Waals surface area contributed by atoms with Gasteiger partial charge in [0.15, 0.2) is 0 Å². The zero-order chi connectivity index (χ0) is 20.0. The van der Waals surface area contributed by atoms with Crippen molar-refractivity contribution in [2.24, 2.45) is 0 Å². The maximum absolute atomic E-state index is 12.2. The van der Waals surface area contributed by atoms with E-state index >= 15 is 0 Å². The van der Waals surface area contributed by atoms with Gasteiger partial charge >= 0.3 is 11.9 Å². The van der Waals surface area contributed by atoms with Crippen LogP contribution in [-0.2, 0) is 14.4 Å². The Hall–Kier alpha value is -3.68. The second-order valence-corrected chi connectivity index (χ2v) is 5.80. The highest BCUT2D eigenvalue weighted by atomic mass is 16.4. The van der Waals surface area contributed by atoms with Crippen molar-refractivity contribution < 1.29 is 29.4 Å². The SMILES string of the molecule is CC(=O)N[C@@H](CC(=O)O)C(=O)Nc1ccc(-c2ccc(C(=O)O)cc2)cc1. The fourth-order valence-corrected chi connectivity index (χ4v) is 2.41. The summed E-state index contributed by atoms with van der Waals surface area (Å²) in [6.45, 7) is 1.20. The van der Waals surface area contributed by atoms with Crippen molar-refractivity contribution in [3.05, 3.63) is 54.1 Å². The third-order valence-electron chi connectivity index (χ3n) is 3.69. The van der Waals surface area contributed by atoms with Crippen molar-refractivity contribution in [1.82, 2.24) is 5.32 Å². The number of nitrogens with one attached hydrogen (secondary N) is 2. The molecule has 0 heterocycles. The molecule has 0 aliphatic heterocycles. The number of aromatic carboxylic acids is 1. The molecule has 0 bridgehead atoms. The third-order valence-corrected chi connectivity index (χ3v) is 3.69. The predicted octanol–water partition coefficient (Wildman–Crippen LogP) is 1.97. The fourth-order valence-electron chi connectivity index (χ4n) is 2.41. The minimum atomic E-state index is -1.20. The summed E-state index contributed by atoms with van der Waals surface area (Å²) in [6, 6.07) is 11.9. The highest BCUT2D eigenvalue weighted by molar-refractivity contribution is 5.99. The predicted molar refractivity (Wildman–Crippen MR) is 97.3 cm³/mol. The lowest BCUT2D eigenvalue weighted by Crippen LogP contribution is -2.44. The summed E-state index contributed by atoms with van der Waals surface area (Å²) >= 11 is 0. The maximum Gasteiger partial charge on any atom is 0.335 e. The van der Waals surface area contributed by atoms with E-state index in [1.807, 2.05) is 0 Å². The molecule has 2 aromatic rings. The highest BCUT2D eigenvalue weighted by Gasteiger charge is 2.22. The Bertz CT molecular complexity index is 843. The van der Waals surface area contributed by atoms with Gasteiger partial charge in [-0.25, -0.2) is 4.79 Å². The number of amides is 2. The van der Waals surface area contributed by atoms with Gasteiger partial charge < -0.3 is 20.8 Å². The Morgan fingerprint density at radius 3 is 1.85 bits per heavy atom. The van der Waals surface area contributed by atoms with E-state index in [-0.39, 0.29) is 5.56 Å². The molecule has 8 nitrogen and oxygen atoms in total. The van der Waals surface area contributed by atoms with Crippen LogP contribution in [0.25, 0.3) is 11.1 Å². The van der Waals surface area contributed by atoms with Crippen LogP contribution in [0.2, 0.25) is 0 Å². The zero-order valence-electron chi connectivity index (χ0n) is 14.4. The minimum absolute atomic E-state index is 0.185. The van der Waals surface area contributed by atoms with Gasteiger partial charge in [-0.05, 0) is 35.4 Å². The quantitative estimate of drug-likeness (QED) is 0.589. The number of carbonyl (C=O) groups excluding carboxylic acids is 2. The van der Waals surface area contributed by atoms with Crippen molar-refractivity contribution in [3.63, 3.8) is 0 Å². The zero-order valence-corrected chi connectivity index (χ0v) is 14.4. The first-order valence-electron chi connectivity index (χ1n) is 8.00. The Morgan fingerprint density at radius 2 is 1.41 bits per heavy atom. The molecule has 0 fully saturated rings. The number of carboxylic acid groups (broad SMARTS) is 2. The number of benzene rings is 2. The van der Waals surface area contributed by atoms with Gasteiger partial charge in [0.1, 0.15) is 6.04 Å². The first-order valence-corrected chi connectivity index (χ1v) is 8.00. The molecular weight excluding hydrogens is 352 g/mol. The van der Waals surface area contributed by atoms with Crippen LogP contribution in [0.5, 0.6) is 0 Å². The lowest BCUT2D eigenvalue weighted by Gasteiger charge is -2.16. The van der Waals surface area contributed by atoms with E-state index in [0.29, 0.717) is 5.69 Å². The molecule has 1 atom stereocenters. The number of aliphatic carboxylic acids is 1. The molecule has 27 heavy (non-hydrogen) atoms. The molecule has 0 saturated heterocycles. The summed E-state index contributed by atoms with van der Waals surface area (Å²) < 4.78 is 0. The number of carbonyl (C=O) groups is 4. The van der Waals surface area contributed by atoms with Gasteiger partial charge in [-0.1, -0.05) is 24.3 Å². The summed E-state index contributed by atoms with van der Waals surface area (Å²) in [4.78, 5) is 45.1. The largest absolute Gasteiger partial charge is 0.481 e. The summed E-state index contributed by atoms with van der Waals surface area (Å²) in [6.07, 6.45) is -0.528. The number of carboxylic acids is 2. The van der Waals surface area contributed by atoms with Gasteiger partial charge in [0.25, 0.3) is 0 Å². The maximum atomic E-state index is 12.2.